The smallest absolute Gasteiger partial charge is 0.191 e. The highest BCUT2D eigenvalue weighted by Gasteiger charge is 2.07. The van der Waals surface area contributed by atoms with Crippen molar-refractivity contribution in [1.82, 2.24) is 10.6 Å². The van der Waals surface area contributed by atoms with E-state index >= 15 is 0 Å². The van der Waals surface area contributed by atoms with Gasteiger partial charge >= 0.3 is 0 Å². The number of thiophene rings is 1. The molecule has 1 aromatic rings. The van der Waals surface area contributed by atoms with E-state index in [1.807, 2.05) is 0 Å². The summed E-state index contributed by atoms with van der Waals surface area (Å²) in [4.78, 5) is 4.64. The summed E-state index contributed by atoms with van der Waals surface area (Å²) in [6.45, 7) is 8.67. The number of ether oxygens (including phenoxy) is 1. The van der Waals surface area contributed by atoms with Crippen LogP contribution in [0.25, 0.3) is 0 Å². The Morgan fingerprint density at radius 3 is 2.75 bits per heavy atom. The van der Waals surface area contributed by atoms with Crippen molar-refractivity contribution in [1.29, 1.82) is 0 Å². The number of nitrogens with zero attached hydrogens (tertiary/aromatic N) is 1. The van der Waals surface area contributed by atoms with Crippen LogP contribution in [0.15, 0.2) is 21.8 Å². The minimum absolute atomic E-state index is 0. The van der Waals surface area contributed by atoms with E-state index in [4.69, 9.17) is 4.74 Å². The molecule has 2 N–H and O–H groups in total. The van der Waals surface area contributed by atoms with Crippen LogP contribution in [0.2, 0.25) is 0 Å². The minimum atomic E-state index is 0. The van der Waals surface area contributed by atoms with E-state index in [9.17, 15) is 0 Å². The largest absolute Gasteiger partial charge is 0.383 e. The Labute approximate surface area is 143 Å². The van der Waals surface area contributed by atoms with E-state index in [2.05, 4.69) is 53.2 Å². The van der Waals surface area contributed by atoms with Crippen LogP contribution in [0.4, 0.5) is 0 Å². The van der Waals surface area contributed by atoms with E-state index in [1.54, 1.807) is 18.4 Å². The monoisotopic (exact) mass is 411 g/mol. The number of hydrogen-bond acceptors (Lipinski definition) is 3. The Balaban J connectivity index is 0.00000361. The van der Waals surface area contributed by atoms with Crippen LogP contribution in [0.1, 0.15) is 32.3 Å². The average molecular weight is 411 g/mol. The predicted molar refractivity (Wildman–Crippen MR) is 98.6 cm³/mol. The first kappa shape index (κ1) is 19.7. The summed E-state index contributed by atoms with van der Waals surface area (Å²) in [5.41, 5.74) is 1.36. The van der Waals surface area contributed by atoms with Crippen LogP contribution in [-0.4, -0.2) is 38.8 Å². The zero-order valence-electron chi connectivity index (χ0n) is 12.7. The third-order valence-electron chi connectivity index (χ3n) is 2.78. The zero-order valence-corrected chi connectivity index (χ0v) is 15.8. The van der Waals surface area contributed by atoms with Crippen molar-refractivity contribution in [2.24, 2.45) is 4.99 Å². The molecule has 0 aliphatic rings. The number of hydrogen-bond donors (Lipinski definition) is 2. The van der Waals surface area contributed by atoms with Crippen LogP contribution >= 0.6 is 35.3 Å². The molecule has 2 unspecified atom stereocenters. The molecule has 1 heterocycles. The van der Waals surface area contributed by atoms with E-state index in [0.717, 1.165) is 19.0 Å². The molecule has 0 aliphatic carbocycles. The van der Waals surface area contributed by atoms with Gasteiger partial charge < -0.3 is 15.4 Å². The molecule has 0 bridgehead atoms. The summed E-state index contributed by atoms with van der Waals surface area (Å²) in [5.74, 6) is 1.30. The Bertz CT molecular complexity index is 371. The van der Waals surface area contributed by atoms with Gasteiger partial charge in [-0.05, 0) is 36.2 Å². The molecule has 4 nitrogen and oxygen atoms in total. The van der Waals surface area contributed by atoms with Gasteiger partial charge in [-0.25, -0.2) is 0 Å². The number of methoxy groups -OCH3 is 1. The second kappa shape index (κ2) is 11.3. The second-order valence-electron chi connectivity index (χ2n) is 4.68. The molecule has 0 saturated carbocycles. The summed E-state index contributed by atoms with van der Waals surface area (Å²) in [6, 6.07) is 2.41. The zero-order chi connectivity index (χ0) is 14.1. The van der Waals surface area contributed by atoms with Gasteiger partial charge in [-0.3, -0.25) is 4.99 Å². The average Bonchev–Trinajstić information content (AvgIpc) is 2.90. The topological polar surface area (TPSA) is 45.7 Å². The highest BCUT2D eigenvalue weighted by atomic mass is 127. The Kier molecular flexibility index (Phi) is 11.1. The maximum atomic E-state index is 5.12. The molecular formula is C14H26IN3OS. The third kappa shape index (κ3) is 7.44. The SMILES string of the molecule is CCNC(=NCC(C)c1ccsc1)NC(C)COC.I. The van der Waals surface area contributed by atoms with Gasteiger partial charge in [0.15, 0.2) is 5.96 Å². The van der Waals surface area contributed by atoms with Crippen LogP contribution in [0.3, 0.4) is 0 Å². The number of nitrogens with one attached hydrogen (secondary N) is 2. The molecule has 0 aromatic carbocycles. The van der Waals surface area contributed by atoms with Crippen molar-refractivity contribution in [3.05, 3.63) is 22.4 Å². The Morgan fingerprint density at radius 2 is 2.20 bits per heavy atom. The molecule has 6 heteroatoms. The fraction of sp³-hybridized carbons (Fsp3) is 0.643. The molecule has 0 fully saturated rings. The van der Waals surface area contributed by atoms with Crippen molar-refractivity contribution in [3.63, 3.8) is 0 Å². The predicted octanol–water partition coefficient (Wildman–Crippen LogP) is 3.06. The van der Waals surface area contributed by atoms with Crippen molar-refractivity contribution in [2.45, 2.75) is 32.7 Å². The first-order valence-electron chi connectivity index (χ1n) is 6.73. The summed E-state index contributed by atoms with van der Waals surface area (Å²) < 4.78 is 5.12. The van der Waals surface area contributed by atoms with Crippen LogP contribution in [-0.2, 0) is 4.74 Å². The number of aliphatic imine (C=N–C) groups is 1. The summed E-state index contributed by atoms with van der Waals surface area (Å²) >= 11 is 1.73. The molecule has 0 spiro atoms. The van der Waals surface area contributed by atoms with E-state index < -0.39 is 0 Å². The summed E-state index contributed by atoms with van der Waals surface area (Å²) in [7, 11) is 1.71. The summed E-state index contributed by atoms with van der Waals surface area (Å²) in [5, 5.41) is 10.9. The van der Waals surface area contributed by atoms with Gasteiger partial charge in [-0.15, -0.1) is 24.0 Å². The highest BCUT2D eigenvalue weighted by molar-refractivity contribution is 14.0. The van der Waals surface area contributed by atoms with Crippen molar-refractivity contribution >= 4 is 41.3 Å². The molecule has 1 rings (SSSR count). The molecule has 116 valence electrons. The maximum Gasteiger partial charge on any atom is 0.191 e. The van der Waals surface area contributed by atoms with Crippen LogP contribution in [0.5, 0.6) is 0 Å². The molecule has 0 amide bonds. The molecule has 0 aliphatic heterocycles. The van der Waals surface area contributed by atoms with Gasteiger partial charge in [-0.1, -0.05) is 6.92 Å². The fourth-order valence-corrected chi connectivity index (χ4v) is 2.52. The molecule has 1 aromatic heterocycles. The van der Waals surface area contributed by atoms with Gasteiger partial charge in [0.05, 0.1) is 6.61 Å². The maximum absolute atomic E-state index is 5.12. The lowest BCUT2D eigenvalue weighted by Crippen LogP contribution is -2.44. The number of guanidine groups is 1. The fourth-order valence-electron chi connectivity index (χ4n) is 1.73. The Morgan fingerprint density at radius 1 is 1.45 bits per heavy atom. The number of rotatable bonds is 7. The molecular weight excluding hydrogens is 385 g/mol. The lowest BCUT2D eigenvalue weighted by atomic mass is 10.1. The van der Waals surface area contributed by atoms with Crippen molar-refractivity contribution in [3.8, 4) is 0 Å². The van der Waals surface area contributed by atoms with E-state index in [-0.39, 0.29) is 30.0 Å². The van der Waals surface area contributed by atoms with Crippen LogP contribution in [0, 0.1) is 0 Å². The quantitative estimate of drug-likeness (QED) is 0.412. The first-order valence-corrected chi connectivity index (χ1v) is 7.67. The van der Waals surface area contributed by atoms with Gasteiger partial charge in [0.25, 0.3) is 0 Å². The van der Waals surface area contributed by atoms with Crippen LogP contribution < -0.4 is 10.6 Å². The van der Waals surface area contributed by atoms with Gasteiger partial charge in [0.1, 0.15) is 0 Å². The Hall–Kier alpha value is -0.340. The number of halogens is 1. The molecule has 20 heavy (non-hydrogen) atoms. The first-order chi connectivity index (χ1) is 9.17. The second-order valence-corrected chi connectivity index (χ2v) is 5.46. The standard InChI is InChI=1S/C14H25N3OS.HI/c1-5-15-14(17-12(3)9-18-4)16-8-11(2)13-6-7-19-10-13;/h6-7,10-12H,5,8-9H2,1-4H3,(H2,15,16,17);1H. The third-order valence-corrected chi connectivity index (χ3v) is 3.48. The highest BCUT2D eigenvalue weighted by Crippen LogP contribution is 2.18. The molecule has 0 saturated heterocycles. The molecule has 0 radical (unpaired) electrons. The van der Waals surface area contributed by atoms with Gasteiger partial charge in [-0.2, -0.15) is 11.3 Å². The summed E-state index contributed by atoms with van der Waals surface area (Å²) in [6.07, 6.45) is 0. The van der Waals surface area contributed by atoms with Gasteiger partial charge in [0.2, 0.25) is 0 Å². The van der Waals surface area contributed by atoms with E-state index in [0.29, 0.717) is 12.5 Å². The van der Waals surface area contributed by atoms with E-state index in [1.165, 1.54) is 5.56 Å². The van der Waals surface area contributed by atoms with Gasteiger partial charge in [0, 0.05) is 32.2 Å². The normalized spacial score (nSPS) is 14.3. The lowest BCUT2D eigenvalue weighted by molar-refractivity contribution is 0.179. The van der Waals surface area contributed by atoms with Crippen molar-refractivity contribution < 1.29 is 4.74 Å². The lowest BCUT2D eigenvalue weighted by Gasteiger charge is -2.17. The minimum Gasteiger partial charge on any atom is -0.383 e. The van der Waals surface area contributed by atoms with Crippen molar-refractivity contribution in [2.75, 3.05) is 26.8 Å². The molecule has 2 atom stereocenters.